The lowest BCUT2D eigenvalue weighted by Gasteiger charge is -2.17. The normalized spacial score (nSPS) is 26.7. The quantitative estimate of drug-likeness (QED) is 0.716. The van der Waals surface area contributed by atoms with Crippen molar-refractivity contribution < 1.29 is 0 Å². The van der Waals surface area contributed by atoms with Gasteiger partial charge in [0.1, 0.15) is 0 Å². The van der Waals surface area contributed by atoms with Crippen molar-refractivity contribution in [3.05, 3.63) is 35.4 Å². The zero-order valence-corrected chi connectivity index (χ0v) is 9.09. The fraction of sp³-hybridized carbons (Fsp3) is 0.538. The van der Waals surface area contributed by atoms with E-state index in [4.69, 9.17) is 0 Å². The molecule has 1 nitrogen and oxygen atoms in total. The maximum absolute atomic E-state index is 3.68. The van der Waals surface area contributed by atoms with Gasteiger partial charge in [0.05, 0.1) is 0 Å². The van der Waals surface area contributed by atoms with Crippen LogP contribution in [0, 0.1) is 0 Å². The van der Waals surface area contributed by atoms with Gasteiger partial charge in [-0.2, -0.15) is 0 Å². The van der Waals surface area contributed by atoms with Crippen molar-refractivity contribution in [2.45, 2.75) is 45.2 Å². The molecule has 0 aromatic heterocycles. The van der Waals surface area contributed by atoms with Crippen molar-refractivity contribution in [3.63, 3.8) is 0 Å². The summed E-state index contributed by atoms with van der Waals surface area (Å²) in [7, 11) is 0. The molecule has 2 rings (SSSR count). The molecule has 0 spiro atoms. The van der Waals surface area contributed by atoms with Gasteiger partial charge in [-0.05, 0) is 37.3 Å². The van der Waals surface area contributed by atoms with Crippen LogP contribution in [0.3, 0.4) is 0 Å². The summed E-state index contributed by atoms with van der Waals surface area (Å²) in [6.07, 6.45) is 3.59. The Balaban J connectivity index is 2.27. The fourth-order valence-corrected chi connectivity index (χ4v) is 2.33. The molecule has 14 heavy (non-hydrogen) atoms. The van der Waals surface area contributed by atoms with Gasteiger partial charge in [-0.25, -0.2) is 0 Å². The van der Waals surface area contributed by atoms with Crippen LogP contribution >= 0.6 is 0 Å². The average Bonchev–Trinajstić information content (AvgIpc) is 2.35. The highest BCUT2D eigenvalue weighted by atomic mass is 14.9. The Bertz CT molecular complexity index is 306. The number of benzene rings is 1. The molecule has 1 aliphatic rings. The largest absolute Gasteiger partial charge is 0.311 e. The van der Waals surface area contributed by atoms with Crippen LogP contribution in [0.15, 0.2) is 24.3 Å². The summed E-state index contributed by atoms with van der Waals surface area (Å²) in [5.41, 5.74) is 3.07. The Labute approximate surface area is 86.5 Å². The van der Waals surface area contributed by atoms with Gasteiger partial charge in [0.15, 0.2) is 0 Å². The van der Waals surface area contributed by atoms with Gasteiger partial charge in [0.25, 0.3) is 0 Å². The van der Waals surface area contributed by atoms with E-state index in [0.717, 1.165) is 0 Å². The summed E-state index contributed by atoms with van der Waals surface area (Å²) in [6.45, 7) is 4.54. The molecule has 0 aliphatic carbocycles. The molecule has 1 N–H and O–H groups in total. The van der Waals surface area contributed by atoms with Gasteiger partial charge in [-0.3, -0.25) is 0 Å². The summed E-state index contributed by atoms with van der Waals surface area (Å²) in [5, 5.41) is 3.68. The molecule has 1 aromatic carbocycles. The third kappa shape index (κ3) is 1.98. The van der Waals surface area contributed by atoms with Gasteiger partial charge in [-0.15, -0.1) is 0 Å². The Morgan fingerprint density at radius 2 is 1.86 bits per heavy atom. The Morgan fingerprint density at radius 1 is 1.21 bits per heavy atom. The monoisotopic (exact) mass is 189 g/mol. The molecule has 2 atom stereocenters. The number of fused-ring (bicyclic) bond motifs is 1. The van der Waals surface area contributed by atoms with Gasteiger partial charge < -0.3 is 5.32 Å². The molecule has 1 aromatic rings. The van der Waals surface area contributed by atoms with Crippen LogP contribution < -0.4 is 5.32 Å². The molecular formula is C13H19N. The van der Waals surface area contributed by atoms with E-state index < -0.39 is 0 Å². The van der Waals surface area contributed by atoms with Crippen LogP contribution in [-0.2, 0) is 12.8 Å². The van der Waals surface area contributed by atoms with Crippen molar-refractivity contribution in [2.24, 2.45) is 0 Å². The Hall–Kier alpha value is -0.820. The van der Waals surface area contributed by atoms with Crippen LogP contribution in [0.2, 0.25) is 0 Å². The van der Waals surface area contributed by atoms with E-state index in [2.05, 4.69) is 43.4 Å². The Kier molecular flexibility index (Phi) is 2.87. The molecule has 0 saturated carbocycles. The second kappa shape index (κ2) is 4.14. The first-order chi connectivity index (χ1) is 6.79. The molecule has 2 unspecified atom stereocenters. The van der Waals surface area contributed by atoms with Gasteiger partial charge in [-0.1, -0.05) is 31.2 Å². The molecule has 0 radical (unpaired) electrons. The zero-order chi connectivity index (χ0) is 9.97. The third-order valence-corrected chi connectivity index (χ3v) is 3.12. The van der Waals surface area contributed by atoms with Crippen molar-refractivity contribution in [1.29, 1.82) is 0 Å². The predicted molar refractivity (Wildman–Crippen MR) is 60.5 cm³/mol. The maximum Gasteiger partial charge on any atom is 0.0108 e. The van der Waals surface area contributed by atoms with Crippen LogP contribution in [0.4, 0.5) is 0 Å². The van der Waals surface area contributed by atoms with E-state index in [0.29, 0.717) is 12.1 Å². The summed E-state index contributed by atoms with van der Waals surface area (Å²) >= 11 is 0. The van der Waals surface area contributed by atoms with Gasteiger partial charge >= 0.3 is 0 Å². The number of hydrogen-bond donors (Lipinski definition) is 1. The molecule has 0 fully saturated rings. The minimum absolute atomic E-state index is 0.614. The van der Waals surface area contributed by atoms with E-state index >= 15 is 0 Å². The lowest BCUT2D eigenvalue weighted by Crippen LogP contribution is -2.36. The first kappa shape index (κ1) is 9.72. The van der Waals surface area contributed by atoms with Gasteiger partial charge in [0.2, 0.25) is 0 Å². The summed E-state index contributed by atoms with van der Waals surface area (Å²) < 4.78 is 0. The van der Waals surface area contributed by atoms with Crippen molar-refractivity contribution in [1.82, 2.24) is 5.32 Å². The topological polar surface area (TPSA) is 12.0 Å². The van der Waals surface area contributed by atoms with Crippen LogP contribution in [-0.4, -0.2) is 12.1 Å². The first-order valence-electron chi connectivity index (χ1n) is 5.62. The van der Waals surface area contributed by atoms with Crippen LogP contribution in [0.5, 0.6) is 0 Å². The smallest absolute Gasteiger partial charge is 0.0108 e. The molecule has 1 aliphatic heterocycles. The first-order valence-corrected chi connectivity index (χ1v) is 5.62. The van der Waals surface area contributed by atoms with Crippen molar-refractivity contribution in [2.75, 3.05) is 0 Å². The lowest BCUT2D eigenvalue weighted by atomic mass is 9.99. The molecule has 1 heteroatoms. The van der Waals surface area contributed by atoms with Crippen molar-refractivity contribution in [3.8, 4) is 0 Å². The SMILES string of the molecule is CCC1Cc2ccccc2CC(C)N1. The third-order valence-electron chi connectivity index (χ3n) is 3.12. The minimum Gasteiger partial charge on any atom is -0.311 e. The highest BCUT2D eigenvalue weighted by molar-refractivity contribution is 5.29. The molecule has 0 saturated heterocycles. The van der Waals surface area contributed by atoms with Crippen LogP contribution in [0.1, 0.15) is 31.4 Å². The maximum atomic E-state index is 3.68. The standard InChI is InChI=1S/C13H19N/c1-3-13-9-12-7-5-4-6-11(12)8-10(2)14-13/h4-7,10,13-14H,3,8-9H2,1-2H3. The zero-order valence-electron chi connectivity index (χ0n) is 9.09. The summed E-state index contributed by atoms with van der Waals surface area (Å²) in [6, 6.07) is 10.1. The van der Waals surface area contributed by atoms with E-state index in [1.165, 1.54) is 30.4 Å². The second-order valence-electron chi connectivity index (χ2n) is 4.35. The van der Waals surface area contributed by atoms with E-state index in [9.17, 15) is 0 Å². The average molecular weight is 189 g/mol. The van der Waals surface area contributed by atoms with E-state index in [-0.39, 0.29) is 0 Å². The van der Waals surface area contributed by atoms with E-state index in [1.807, 2.05) is 0 Å². The molecular weight excluding hydrogens is 170 g/mol. The predicted octanol–water partition coefficient (Wildman–Crippen LogP) is 2.54. The van der Waals surface area contributed by atoms with Crippen LogP contribution in [0.25, 0.3) is 0 Å². The van der Waals surface area contributed by atoms with Gasteiger partial charge in [0, 0.05) is 12.1 Å². The number of hydrogen-bond acceptors (Lipinski definition) is 1. The molecule has 0 amide bonds. The molecule has 76 valence electrons. The van der Waals surface area contributed by atoms with Crippen molar-refractivity contribution >= 4 is 0 Å². The molecule has 1 heterocycles. The molecule has 0 bridgehead atoms. The highest BCUT2D eigenvalue weighted by Crippen LogP contribution is 2.18. The summed E-state index contributed by atoms with van der Waals surface area (Å²) in [5.74, 6) is 0. The lowest BCUT2D eigenvalue weighted by molar-refractivity contribution is 0.445. The number of nitrogens with one attached hydrogen (secondary N) is 1. The number of rotatable bonds is 1. The fourth-order valence-electron chi connectivity index (χ4n) is 2.33. The Morgan fingerprint density at radius 3 is 2.50 bits per heavy atom. The minimum atomic E-state index is 0.614. The second-order valence-corrected chi connectivity index (χ2v) is 4.35. The summed E-state index contributed by atoms with van der Waals surface area (Å²) in [4.78, 5) is 0. The highest BCUT2D eigenvalue weighted by Gasteiger charge is 2.18. The van der Waals surface area contributed by atoms with E-state index in [1.54, 1.807) is 0 Å².